The van der Waals surface area contributed by atoms with Crippen molar-refractivity contribution in [2.75, 3.05) is 13.2 Å². The summed E-state index contributed by atoms with van der Waals surface area (Å²) in [4.78, 5) is 11.3. The molecule has 0 aliphatic carbocycles. The molecule has 1 rings (SSSR count). The molecule has 0 aromatic heterocycles. The lowest BCUT2D eigenvalue weighted by Crippen LogP contribution is -2.05. The van der Waals surface area contributed by atoms with Crippen molar-refractivity contribution in [1.29, 1.82) is 0 Å². The molecule has 0 N–H and O–H groups in total. The van der Waals surface area contributed by atoms with E-state index in [1.807, 2.05) is 56.3 Å². The van der Waals surface area contributed by atoms with Crippen molar-refractivity contribution in [1.82, 2.24) is 0 Å². The molecular weight excluding hydrogens is 212 g/mol. The molecule has 2 heteroatoms. The maximum atomic E-state index is 11.3. The number of rotatable bonds is 6. The number of ketones is 1. The molecule has 0 unspecified atom stereocenters. The van der Waals surface area contributed by atoms with E-state index < -0.39 is 0 Å². The highest BCUT2D eigenvalue weighted by Gasteiger charge is 1.95. The van der Waals surface area contributed by atoms with Crippen molar-refractivity contribution in [2.45, 2.75) is 13.8 Å². The second kappa shape index (κ2) is 7.58. The predicted molar refractivity (Wildman–Crippen MR) is 70.7 cm³/mol. The summed E-state index contributed by atoms with van der Waals surface area (Å²) in [7, 11) is 0. The lowest BCUT2D eigenvalue weighted by Gasteiger charge is -1.97. The Morgan fingerprint density at radius 2 is 1.94 bits per heavy atom. The molecule has 90 valence electrons. The Morgan fingerprint density at radius 1 is 1.24 bits per heavy atom. The monoisotopic (exact) mass is 230 g/mol. The second-order valence-electron chi connectivity index (χ2n) is 4.02. The van der Waals surface area contributed by atoms with Gasteiger partial charge >= 0.3 is 0 Å². The van der Waals surface area contributed by atoms with E-state index in [2.05, 4.69) is 0 Å². The van der Waals surface area contributed by atoms with E-state index in [0.717, 1.165) is 11.1 Å². The van der Waals surface area contributed by atoms with E-state index in [-0.39, 0.29) is 12.4 Å². The normalized spacial score (nSPS) is 10.5. The summed E-state index contributed by atoms with van der Waals surface area (Å²) in [5, 5.41) is 0. The first-order chi connectivity index (χ1) is 8.18. The number of carbonyl (C=O) groups is 1. The van der Waals surface area contributed by atoms with Gasteiger partial charge in [-0.15, -0.1) is 0 Å². The number of hydrogen-bond donors (Lipinski definition) is 0. The van der Waals surface area contributed by atoms with Gasteiger partial charge in [0, 0.05) is 0 Å². The fourth-order valence-corrected chi connectivity index (χ4v) is 1.34. The summed E-state index contributed by atoms with van der Waals surface area (Å²) < 4.78 is 5.24. The summed E-state index contributed by atoms with van der Waals surface area (Å²) in [6.07, 6.45) is 5.48. The third-order valence-corrected chi connectivity index (χ3v) is 2.02. The van der Waals surface area contributed by atoms with Crippen molar-refractivity contribution in [2.24, 2.45) is 0 Å². The highest BCUT2D eigenvalue weighted by Crippen LogP contribution is 2.00. The number of hydrogen-bond acceptors (Lipinski definition) is 2. The molecule has 0 spiro atoms. The molecule has 0 saturated carbocycles. The minimum Gasteiger partial charge on any atom is -0.369 e. The van der Waals surface area contributed by atoms with E-state index >= 15 is 0 Å². The van der Waals surface area contributed by atoms with Gasteiger partial charge in [-0.3, -0.25) is 4.79 Å². The lowest BCUT2D eigenvalue weighted by atomic mass is 10.2. The van der Waals surface area contributed by atoms with Gasteiger partial charge in [0.2, 0.25) is 0 Å². The molecule has 0 saturated heterocycles. The Bertz CT molecular complexity index is 398. The van der Waals surface area contributed by atoms with Crippen LogP contribution in [0.3, 0.4) is 0 Å². The van der Waals surface area contributed by atoms with Gasteiger partial charge in [-0.05, 0) is 25.5 Å². The first kappa shape index (κ1) is 13.4. The van der Waals surface area contributed by atoms with Crippen LogP contribution in [-0.2, 0) is 9.53 Å². The summed E-state index contributed by atoms with van der Waals surface area (Å²) in [6.45, 7) is 4.39. The average molecular weight is 230 g/mol. The maximum absolute atomic E-state index is 11.3. The first-order valence-electron chi connectivity index (χ1n) is 5.65. The lowest BCUT2D eigenvalue weighted by molar-refractivity contribution is -0.118. The Hall–Kier alpha value is -1.67. The molecule has 0 amide bonds. The van der Waals surface area contributed by atoms with Crippen LogP contribution in [0.15, 0.2) is 48.1 Å². The topological polar surface area (TPSA) is 26.3 Å². The third-order valence-electron chi connectivity index (χ3n) is 2.02. The number of benzene rings is 1. The molecule has 1 aromatic rings. The van der Waals surface area contributed by atoms with Crippen LogP contribution in [0.2, 0.25) is 0 Å². The molecule has 0 bridgehead atoms. The minimum atomic E-state index is 0.0121. The second-order valence-corrected chi connectivity index (χ2v) is 4.02. The highest BCUT2D eigenvalue weighted by molar-refractivity contribution is 5.91. The van der Waals surface area contributed by atoms with Crippen LogP contribution < -0.4 is 0 Å². The maximum Gasteiger partial charge on any atom is 0.181 e. The van der Waals surface area contributed by atoms with Crippen molar-refractivity contribution in [3.63, 3.8) is 0 Å². The van der Waals surface area contributed by atoms with E-state index in [9.17, 15) is 4.79 Å². The number of allylic oxidation sites excluding steroid dienone is 1. The van der Waals surface area contributed by atoms with Gasteiger partial charge in [-0.2, -0.15) is 0 Å². The van der Waals surface area contributed by atoms with Gasteiger partial charge in [0.15, 0.2) is 5.78 Å². The van der Waals surface area contributed by atoms with Gasteiger partial charge < -0.3 is 4.74 Å². The fourth-order valence-electron chi connectivity index (χ4n) is 1.34. The number of carbonyl (C=O) groups excluding carboxylic acids is 1. The zero-order valence-electron chi connectivity index (χ0n) is 10.3. The van der Waals surface area contributed by atoms with Crippen molar-refractivity contribution < 1.29 is 9.53 Å². The smallest absolute Gasteiger partial charge is 0.181 e. The molecule has 0 atom stereocenters. The minimum absolute atomic E-state index is 0.0121. The first-order valence-corrected chi connectivity index (χ1v) is 5.65. The van der Waals surface area contributed by atoms with Crippen LogP contribution in [0.5, 0.6) is 0 Å². The highest BCUT2D eigenvalue weighted by atomic mass is 16.5. The van der Waals surface area contributed by atoms with Crippen molar-refractivity contribution in [3.05, 3.63) is 53.6 Å². The molecule has 0 aliphatic rings. The van der Waals surface area contributed by atoms with Gasteiger partial charge in [-0.1, -0.05) is 48.1 Å². The zero-order valence-corrected chi connectivity index (χ0v) is 10.3. The summed E-state index contributed by atoms with van der Waals surface area (Å²) >= 11 is 0. The van der Waals surface area contributed by atoms with Gasteiger partial charge in [0.1, 0.15) is 6.61 Å². The Labute approximate surface area is 103 Å². The Morgan fingerprint density at radius 3 is 2.59 bits per heavy atom. The quantitative estimate of drug-likeness (QED) is 0.554. The van der Waals surface area contributed by atoms with Crippen LogP contribution in [0.1, 0.15) is 19.4 Å². The van der Waals surface area contributed by atoms with Crippen LogP contribution in [0.4, 0.5) is 0 Å². The van der Waals surface area contributed by atoms with Crippen LogP contribution in [-0.4, -0.2) is 19.0 Å². The van der Waals surface area contributed by atoms with Gasteiger partial charge in [0.25, 0.3) is 0 Å². The van der Waals surface area contributed by atoms with Crippen molar-refractivity contribution >= 4 is 11.9 Å². The molecular formula is C15H18O2. The SMILES string of the molecule is CC(C)=CC(=O)COCC=Cc1ccccc1. The average Bonchev–Trinajstić information content (AvgIpc) is 2.29. The molecule has 1 aromatic carbocycles. The summed E-state index contributed by atoms with van der Waals surface area (Å²) in [5.41, 5.74) is 2.13. The van der Waals surface area contributed by atoms with Crippen molar-refractivity contribution in [3.8, 4) is 0 Å². The van der Waals surface area contributed by atoms with Crippen LogP contribution in [0, 0.1) is 0 Å². The van der Waals surface area contributed by atoms with E-state index in [1.54, 1.807) is 6.08 Å². The Kier molecular flexibility index (Phi) is 5.97. The largest absolute Gasteiger partial charge is 0.369 e. The van der Waals surface area contributed by atoms with Gasteiger partial charge in [-0.25, -0.2) is 0 Å². The zero-order chi connectivity index (χ0) is 12.5. The molecule has 0 heterocycles. The van der Waals surface area contributed by atoms with Crippen LogP contribution >= 0.6 is 0 Å². The summed E-state index contributed by atoms with van der Waals surface area (Å²) in [6, 6.07) is 9.99. The number of ether oxygens (including phenoxy) is 1. The molecule has 17 heavy (non-hydrogen) atoms. The molecule has 0 radical (unpaired) electrons. The standard InChI is InChI=1S/C15H18O2/c1-13(2)11-15(16)12-17-10-6-9-14-7-4-3-5-8-14/h3-9,11H,10,12H2,1-2H3. The Balaban J connectivity index is 2.23. The fraction of sp³-hybridized carbons (Fsp3) is 0.267. The molecule has 0 aliphatic heterocycles. The van der Waals surface area contributed by atoms with E-state index in [0.29, 0.717) is 6.61 Å². The van der Waals surface area contributed by atoms with Crippen LogP contribution in [0.25, 0.3) is 6.08 Å². The predicted octanol–water partition coefficient (Wildman–Crippen LogP) is 3.25. The molecule has 2 nitrogen and oxygen atoms in total. The third kappa shape index (κ3) is 6.48. The van der Waals surface area contributed by atoms with E-state index in [4.69, 9.17) is 4.74 Å². The van der Waals surface area contributed by atoms with Gasteiger partial charge in [0.05, 0.1) is 6.61 Å². The molecule has 0 fully saturated rings. The van der Waals surface area contributed by atoms with E-state index in [1.165, 1.54) is 0 Å². The summed E-state index contributed by atoms with van der Waals surface area (Å²) in [5.74, 6) is 0.0121.